The normalized spacial score (nSPS) is 9.82. The zero-order valence-corrected chi connectivity index (χ0v) is 12.5. The van der Waals surface area contributed by atoms with Gasteiger partial charge in [-0.3, -0.25) is 10.8 Å². The summed E-state index contributed by atoms with van der Waals surface area (Å²) in [5.41, 5.74) is 10.7. The molecule has 0 radical (unpaired) electrons. The van der Waals surface area contributed by atoms with E-state index >= 15 is 0 Å². The third-order valence-corrected chi connectivity index (χ3v) is 3.54. The van der Waals surface area contributed by atoms with Gasteiger partial charge in [0.1, 0.15) is 0 Å². The van der Waals surface area contributed by atoms with E-state index in [2.05, 4.69) is 0 Å². The molecule has 118 valence electrons. The van der Waals surface area contributed by atoms with Crippen LogP contribution in [0.2, 0.25) is 0 Å². The van der Waals surface area contributed by atoms with Crippen molar-refractivity contribution in [3.05, 3.63) is 24.3 Å². The third-order valence-electron chi connectivity index (χ3n) is 2.05. The Labute approximate surface area is 133 Å². The Kier molecular flexibility index (Phi) is 5.89. The lowest BCUT2D eigenvalue weighted by molar-refractivity contribution is 0.205. The number of amides is 2. The number of carbonyl (C=O) groups is 2. The summed E-state index contributed by atoms with van der Waals surface area (Å²) in [5.74, 6) is 0. The van der Waals surface area contributed by atoms with Gasteiger partial charge in [0.15, 0.2) is 10.3 Å². The van der Waals surface area contributed by atoms with Gasteiger partial charge >= 0.3 is 12.2 Å². The van der Waals surface area contributed by atoms with E-state index in [1.54, 1.807) is 0 Å². The fraction of sp³-hybridized carbons (Fsp3) is 0. The van der Waals surface area contributed by atoms with Gasteiger partial charge in [0.2, 0.25) is 0 Å². The summed E-state index contributed by atoms with van der Waals surface area (Å²) >= 11 is 0.995. The van der Waals surface area contributed by atoms with E-state index in [0.717, 1.165) is 8.61 Å². The van der Waals surface area contributed by atoms with Crippen LogP contribution in [0.25, 0.3) is 0 Å². The predicted molar refractivity (Wildman–Crippen MR) is 86.5 cm³/mol. The number of benzene rings is 1. The van der Waals surface area contributed by atoms with E-state index in [1.807, 2.05) is 0 Å². The zero-order chi connectivity index (χ0) is 16.9. The van der Waals surface area contributed by atoms with Crippen LogP contribution in [0.15, 0.2) is 24.3 Å². The van der Waals surface area contributed by atoms with Crippen molar-refractivity contribution in [2.45, 2.75) is 0 Å². The van der Waals surface area contributed by atoms with Crippen molar-refractivity contribution >= 4 is 57.8 Å². The molecule has 0 unspecified atom stereocenters. The SMILES string of the molecule is N=C(N)SN(C(=O)O)c1ccc(N(SC(=N)N)C(=O)O)cc1. The highest BCUT2D eigenvalue weighted by Crippen LogP contribution is 2.28. The fourth-order valence-electron chi connectivity index (χ4n) is 1.32. The average Bonchev–Trinajstić information content (AvgIpc) is 2.41. The molecule has 0 aliphatic heterocycles. The van der Waals surface area contributed by atoms with Crippen LogP contribution in [-0.2, 0) is 0 Å². The number of rotatable bonds is 2. The molecule has 0 atom stereocenters. The quantitative estimate of drug-likeness (QED) is 0.266. The van der Waals surface area contributed by atoms with Crippen molar-refractivity contribution in [2.24, 2.45) is 11.5 Å². The summed E-state index contributed by atoms with van der Waals surface area (Å²) < 4.78 is 1.52. The summed E-state index contributed by atoms with van der Waals surface area (Å²) in [7, 11) is 0. The van der Waals surface area contributed by atoms with E-state index in [0.29, 0.717) is 23.9 Å². The van der Waals surface area contributed by atoms with Crippen LogP contribution in [0.5, 0.6) is 0 Å². The Hall–Kier alpha value is -2.60. The first-order valence-electron chi connectivity index (χ1n) is 5.42. The molecule has 22 heavy (non-hydrogen) atoms. The Balaban J connectivity index is 3.05. The molecule has 1 aromatic carbocycles. The highest BCUT2D eigenvalue weighted by molar-refractivity contribution is 8.15. The molecule has 0 heterocycles. The van der Waals surface area contributed by atoms with Crippen molar-refractivity contribution in [2.75, 3.05) is 8.61 Å². The summed E-state index contributed by atoms with van der Waals surface area (Å²) in [5, 5.41) is 31.5. The molecule has 1 aromatic rings. The van der Waals surface area contributed by atoms with E-state index in [9.17, 15) is 9.59 Å². The molecule has 2 amide bonds. The number of nitrogens with two attached hydrogens (primary N) is 2. The standard InChI is InChI=1S/C10H12N6O4S2/c11-7(12)21-15(9(17)18)5-1-2-6(4-3-5)16(10(19)20)22-8(13)14/h1-4H,(H3,11,12)(H3,13,14)(H,17,18)(H,19,20). The first-order chi connectivity index (χ1) is 10.2. The third kappa shape index (κ3) is 4.75. The highest BCUT2D eigenvalue weighted by atomic mass is 32.2. The summed E-state index contributed by atoms with van der Waals surface area (Å²) in [6, 6.07) is 5.37. The van der Waals surface area contributed by atoms with Gasteiger partial charge in [0, 0.05) is 23.9 Å². The van der Waals surface area contributed by atoms with Gasteiger partial charge < -0.3 is 21.7 Å². The first kappa shape index (κ1) is 17.5. The van der Waals surface area contributed by atoms with Crippen LogP contribution < -0.4 is 20.1 Å². The lowest BCUT2D eigenvalue weighted by Crippen LogP contribution is -2.27. The summed E-state index contributed by atoms with van der Waals surface area (Å²) in [6.45, 7) is 0. The fourth-order valence-corrected chi connectivity index (χ4v) is 2.33. The number of nitrogens with one attached hydrogen (secondary N) is 2. The molecule has 0 aromatic heterocycles. The van der Waals surface area contributed by atoms with E-state index in [1.165, 1.54) is 24.3 Å². The molecule has 1 rings (SSSR count). The molecule has 0 bridgehead atoms. The molecule has 0 aliphatic rings. The second kappa shape index (κ2) is 7.42. The van der Waals surface area contributed by atoms with Crippen LogP contribution >= 0.6 is 23.9 Å². The molecule has 0 aliphatic carbocycles. The highest BCUT2D eigenvalue weighted by Gasteiger charge is 2.20. The predicted octanol–water partition coefficient (Wildman–Crippen LogP) is 1.74. The van der Waals surface area contributed by atoms with Gasteiger partial charge in [0.25, 0.3) is 0 Å². The van der Waals surface area contributed by atoms with Gasteiger partial charge in [-0.1, -0.05) is 0 Å². The number of anilines is 2. The number of nitrogens with zero attached hydrogens (tertiary/aromatic N) is 2. The maximum atomic E-state index is 11.1. The minimum Gasteiger partial charge on any atom is -0.464 e. The maximum Gasteiger partial charge on any atom is 0.422 e. The van der Waals surface area contributed by atoms with Crippen molar-refractivity contribution in [1.82, 2.24) is 0 Å². The maximum absolute atomic E-state index is 11.1. The van der Waals surface area contributed by atoms with Gasteiger partial charge in [-0.2, -0.15) is 0 Å². The average molecular weight is 344 g/mol. The molecule has 0 saturated heterocycles. The summed E-state index contributed by atoms with van der Waals surface area (Å²) in [6.07, 6.45) is -2.66. The monoisotopic (exact) mass is 344 g/mol. The second-order valence-electron chi connectivity index (χ2n) is 3.58. The smallest absolute Gasteiger partial charge is 0.422 e. The number of hydrogen-bond acceptors (Lipinski definition) is 6. The number of amidine groups is 2. The van der Waals surface area contributed by atoms with E-state index in [4.69, 9.17) is 32.5 Å². The molecule has 0 saturated carbocycles. The van der Waals surface area contributed by atoms with Crippen molar-refractivity contribution < 1.29 is 19.8 Å². The van der Waals surface area contributed by atoms with Gasteiger partial charge in [0.05, 0.1) is 11.4 Å². The number of carboxylic acid groups (broad SMARTS) is 2. The Morgan fingerprint density at radius 3 is 1.32 bits per heavy atom. The summed E-state index contributed by atoms with van der Waals surface area (Å²) in [4.78, 5) is 22.2. The van der Waals surface area contributed by atoms with E-state index < -0.39 is 22.5 Å². The molecule has 0 spiro atoms. The molecule has 10 nitrogen and oxygen atoms in total. The molecular weight excluding hydrogens is 332 g/mol. The first-order valence-corrected chi connectivity index (χ1v) is 6.97. The Morgan fingerprint density at radius 1 is 0.864 bits per heavy atom. The van der Waals surface area contributed by atoms with Crippen molar-refractivity contribution in [3.8, 4) is 0 Å². The lowest BCUT2D eigenvalue weighted by Gasteiger charge is -2.19. The van der Waals surface area contributed by atoms with Gasteiger partial charge in [-0.15, -0.1) is 0 Å². The van der Waals surface area contributed by atoms with Crippen molar-refractivity contribution in [3.63, 3.8) is 0 Å². The Morgan fingerprint density at radius 2 is 1.14 bits per heavy atom. The van der Waals surface area contributed by atoms with Crippen LogP contribution in [0, 0.1) is 10.8 Å². The van der Waals surface area contributed by atoms with Crippen LogP contribution in [0.4, 0.5) is 21.0 Å². The Bertz CT molecular complexity index is 555. The molecule has 8 N–H and O–H groups in total. The van der Waals surface area contributed by atoms with Crippen LogP contribution in [0.3, 0.4) is 0 Å². The minimum atomic E-state index is -1.33. The van der Waals surface area contributed by atoms with E-state index in [-0.39, 0.29) is 11.4 Å². The molecule has 0 fully saturated rings. The van der Waals surface area contributed by atoms with Gasteiger partial charge in [-0.05, 0) is 24.3 Å². The second-order valence-corrected chi connectivity index (χ2v) is 5.56. The number of hydrogen-bond donors (Lipinski definition) is 6. The topological polar surface area (TPSA) is 181 Å². The zero-order valence-electron chi connectivity index (χ0n) is 10.9. The van der Waals surface area contributed by atoms with Crippen LogP contribution in [-0.4, -0.2) is 32.7 Å². The van der Waals surface area contributed by atoms with Crippen LogP contribution in [0.1, 0.15) is 0 Å². The molecular formula is C10H12N6O4S2. The van der Waals surface area contributed by atoms with Gasteiger partial charge in [-0.25, -0.2) is 18.2 Å². The van der Waals surface area contributed by atoms with Crippen molar-refractivity contribution in [1.29, 1.82) is 10.8 Å². The largest absolute Gasteiger partial charge is 0.464 e. The lowest BCUT2D eigenvalue weighted by atomic mass is 10.3. The molecule has 12 heteroatoms. The minimum absolute atomic E-state index is 0.189.